The maximum Gasteiger partial charge on any atom is 0.241 e. The third-order valence-corrected chi connectivity index (χ3v) is 2.90. The van der Waals surface area contributed by atoms with Gasteiger partial charge in [0.25, 0.3) is 0 Å². The van der Waals surface area contributed by atoms with Crippen molar-refractivity contribution in [3.8, 4) is 6.07 Å². The normalized spacial score (nSPS) is 11.6. The van der Waals surface area contributed by atoms with Crippen molar-refractivity contribution in [1.82, 2.24) is 0 Å². The van der Waals surface area contributed by atoms with Crippen molar-refractivity contribution >= 4 is 23.4 Å². The van der Waals surface area contributed by atoms with Crippen molar-refractivity contribution in [2.45, 2.75) is 12.5 Å². The number of nitrogens with zero attached hydrogens (tertiary/aromatic N) is 1. The van der Waals surface area contributed by atoms with E-state index in [9.17, 15) is 4.79 Å². The largest absolute Gasteiger partial charge is 0.325 e. The number of rotatable bonds is 5. The Morgan fingerprint density at radius 3 is 2.71 bits per heavy atom. The number of thioether (sulfide) groups is 1. The maximum atomic E-state index is 11.7. The number of hydrogen-bond acceptors (Lipinski definition) is 4. The van der Waals surface area contributed by atoms with Gasteiger partial charge in [-0.2, -0.15) is 17.0 Å². The lowest BCUT2D eigenvalue weighted by Gasteiger charge is -2.11. The van der Waals surface area contributed by atoms with Gasteiger partial charge >= 0.3 is 0 Å². The first-order valence-electron chi connectivity index (χ1n) is 5.23. The van der Waals surface area contributed by atoms with Crippen LogP contribution < -0.4 is 11.1 Å². The van der Waals surface area contributed by atoms with Gasteiger partial charge in [0, 0.05) is 5.69 Å². The minimum atomic E-state index is -0.488. The molecule has 1 aromatic carbocycles. The second-order valence-electron chi connectivity index (χ2n) is 3.57. The summed E-state index contributed by atoms with van der Waals surface area (Å²) >= 11 is 1.66. The van der Waals surface area contributed by atoms with Crippen LogP contribution in [0.2, 0.25) is 0 Å². The average Bonchev–Trinajstić information content (AvgIpc) is 2.36. The molecule has 0 fully saturated rings. The van der Waals surface area contributed by atoms with E-state index in [1.165, 1.54) is 0 Å². The predicted octanol–water partition coefficient (Wildman–Crippen LogP) is 1.58. The Bertz CT molecular complexity index is 411. The average molecular weight is 249 g/mol. The zero-order valence-corrected chi connectivity index (χ0v) is 10.5. The molecule has 1 aromatic rings. The molecule has 0 saturated carbocycles. The summed E-state index contributed by atoms with van der Waals surface area (Å²) in [5.74, 6) is 0.672. The highest BCUT2D eigenvalue weighted by atomic mass is 32.2. The number of carbonyl (C=O) groups is 1. The molecule has 0 aliphatic heterocycles. The van der Waals surface area contributed by atoms with Crippen LogP contribution in [-0.2, 0) is 4.79 Å². The summed E-state index contributed by atoms with van der Waals surface area (Å²) < 4.78 is 0. The van der Waals surface area contributed by atoms with E-state index in [0.717, 1.165) is 5.75 Å². The third kappa shape index (κ3) is 4.47. The van der Waals surface area contributed by atoms with Crippen LogP contribution in [0.5, 0.6) is 0 Å². The molecule has 17 heavy (non-hydrogen) atoms. The van der Waals surface area contributed by atoms with Crippen LogP contribution in [0.4, 0.5) is 5.69 Å². The van der Waals surface area contributed by atoms with Gasteiger partial charge in [0.2, 0.25) is 5.91 Å². The van der Waals surface area contributed by atoms with Crippen molar-refractivity contribution < 1.29 is 4.79 Å². The third-order valence-electron chi connectivity index (χ3n) is 2.25. The van der Waals surface area contributed by atoms with Crippen molar-refractivity contribution in [3.63, 3.8) is 0 Å². The monoisotopic (exact) mass is 249 g/mol. The van der Waals surface area contributed by atoms with Crippen molar-refractivity contribution in [3.05, 3.63) is 29.8 Å². The molecule has 1 rings (SSSR count). The summed E-state index contributed by atoms with van der Waals surface area (Å²) in [4.78, 5) is 11.7. The Balaban J connectivity index is 2.52. The first kappa shape index (κ1) is 13.6. The summed E-state index contributed by atoms with van der Waals surface area (Å²) in [5, 5.41) is 11.4. The lowest BCUT2D eigenvalue weighted by atomic mass is 10.2. The van der Waals surface area contributed by atoms with Crippen LogP contribution in [-0.4, -0.2) is 24.0 Å². The molecular weight excluding hydrogens is 234 g/mol. The molecule has 0 saturated heterocycles. The molecule has 0 heterocycles. The highest BCUT2D eigenvalue weighted by Crippen LogP contribution is 2.09. The molecule has 1 amide bonds. The summed E-state index contributed by atoms with van der Waals surface area (Å²) in [5.41, 5.74) is 6.95. The number of nitriles is 1. The molecule has 0 aromatic heterocycles. The van der Waals surface area contributed by atoms with E-state index in [2.05, 4.69) is 5.32 Å². The number of carbonyl (C=O) groups excluding carboxylic acids is 1. The van der Waals surface area contributed by atoms with E-state index >= 15 is 0 Å². The second-order valence-corrected chi connectivity index (χ2v) is 4.55. The molecule has 4 nitrogen and oxygen atoms in total. The number of anilines is 1. The van der Waals surface area contributed by atoms with Gasteiger partial charge in [-0.3, -0.25) is 4.79 Å². The van der Waals surface area contributed by atoms with Crippen LogP contribution in [0.1, 0.15) is 12.0 Å². The minimum Gasteiger partial charge on any atom is -0.325 e. The quantitative estimate of drug-likeness (QED) is 0.830. The number of nitrogens with two attached hydrogens (primary N) is 1. The summed E-state index contributed by atoms with van der Waals surface area (Å²) in [6, 6.07) is 8.23. The van der Waals surface area contributed by atoms with Gasteiger partial charge in [-0.1, -0.05) is 0 Å². The fourth-order valence-corrected chi connectivity index (χ4v) is 1.73. The second kappa shape index (κ2) is 6.94. The van der Waals surface area contributed by atoms with Crippen molar-refractivity contribution in [2.75, 3.05) is 17.3 Å². The lowest BCUT2D eigenvalue weighted by molar-refractivity contribution is -0.117. The number of amides is 1. The molecule has 5 heteroatoms. The number of nitrogens with one attached hydrogen (secondary N) is 1. The molecule has 0 aliphatic carbocycles. The Kier molecular flexibility index (Phi) is 5.53. The van der Waals surface area contributed by atoms with Crippen LogP contribution in [0.3, 0.4) is 0 Å². The fraction of sp³-hybridized carbons (Fsp3) is 0.333. The Labute approximate surface area is 105 Å². The number of hydrogen-bond donors (Lipinski definition) is 2. The Morgan fingerprint density at radius 1 is 1.53 bits per heavy atom. The smallest absolute Gasteiger partial charge is 0.241 e. The van der Waals surface area contributed by atoms with Crippen LogP contribution in [0.25, 0.3) is 0 Å². The molecule has 0 unspecified atom stereocenters. The summed E-state index contributed by atoms with van der Waals surface area (Å²) in [7, 11) is 0. The van der Waals surface area contributed by atoms with E-state index in [1.54, 1.807) is 36.0 Å². The zero-order valence-electron chi connectivity index (χ0n) is 9.64. The van der Waals surface area contributed by atoms with Gasteiger partial charge in [-0.05, 0) is 42.7 Å². The van der Waals surface area contributed by atoms with Gasteiger partial charge in [-0.25, -0.2) is 0 Å². The first-order chi connectivity index (χ1) is 8.17. The van der Waals surface area contributed by atoms with E-state index in [4.69, 9.17) is 11.0 Å². The molecular formula is C12H15N3OS. The fourth-order valence-electron chi connectivity index (χ4n) is 1.24. The number of benzene rings is 1. The van der Waals surface area contributed by atoms with Gasteiger partial charge in [0.15, 0.2) is 0 Å². The first-order valence-corrected chi connectivity index (χ1v) is 6.62. The van der Waals surface area contributed by atoms with Crippen molar-refractivity contribution in [2.24, 2.45) is 5.73 Å². The topological polar surface area (TPSA) is 78.9 Å². The molecule has 3 N–H and O–H groups in total. The van der Waals surface area contributed by atoms with E-state index in [0.29, 0.717) is 17.7 Å². The molecule has 1 atom stereocenters. The molecule has 0 radical (unpaired) electrons. The van der Waals surface area contributed by atoms with Crippen LogP contribution in [0.15, 0.2) is 24.3 Å². The highest BCUT2D eigenvalue weighted by molar-refractivity contribution is 7.98. The lowest BCUT2D eigenvalue weighted by Crippen LogP contribution is -2.36. The molecule has 0 aliphatic rings. The summed E-state index contributed by atoms with van der Waals surface area (Å²) in [6.07, 6.45) is 2.63. The molecule has 90 valence electrons. The van der Waals surface area contributed by atoms with E-state index in [1.807, 2.05) is 12.3 Å². The van der Waals surface area contributed by atoms with Crippen molar-refractivity contribution in [1.29, 1.82) is 5.26 Å². The Morgan fingerprint density at radius 2 is 2.18 bits per heavy atom. The standard InChI is InChI=1S/C12H15N3OS/c1-17-7-6-11(14)12(16)15-10-4-2-9(8-13)3-5-10/h2-5,11H,6-7,14H2,1H3,(H,15,16)/t11-/m0/s1. The minimum absolute atomic E-state index is 0.191. The van der Waals surface area contributed by atoms with Gasteiger partial charge < -0.3 is 11.1 Å². The van der Waals surface area contributed by atoms with Gasteiger partial charge in [0.05, 0.1) is 17.7 Å². The molecule has 0 bridgehead atoms. The molecule has 0 spiro atoms. The maximum absolute atomic E-state index is 11.7. The van der Waals surface area contributed by atoms with E-state index in [-0.39, 0.29) is 5.91 Å². The predicted molar refractivity (Wildman–Crippen MR) is 70.8 cm³/mol. The summed E-state index contributed by atoms with van der Waals surface area (Å²) in [6.45, 7) is 0. The van der Waals surface area contributed by atoms with Gasteiger partial charge in [-0.15, -0.1) is 0 Å². The Hall–Kier alpha value is -1.51. The SMILES string of the molecule is CSCC[C@H](N)C(=O)Nc1ccc(C#N)cc1. The highest BCUT2D eigenvalue weighted by Gasteiger charge is 2.12. The van der Waals surface area contributed by atoms with Crippen LogP contribution >= 0.6 is 11.8 Å². The zero-order chi connectivity index (χ0) is 12.7. The van der Waals surface area contributed by atoms with Gasteiger partial charge in [0.1, 0.15) is 0 Å². The van der Waals surface area contributed by atoms with Crippen LogP contribution in [0, 0.1) is 11.3 Å². The van der Waals surface area contributed by atoms with E-state index < -0.39 is 6.04 Å².